The number of nitrogen functional groups attached to an aromatic ring is 1. The number of anilines is 1. The molecule has 136 valence electrons. The first-order valence-electron chi connectivity index (χ1n) is 8.53. The molecule has 2 aromatic heterocycles. The maximum Gasteiger partial charge on any atom is 0.167 e. The van der Waals surface area contributed by atoms with Crippen LogP contribution in [0.25, 0.3) is 11.2 Å². The summed E-state index contributed by atoms with van der Waals surface area (Å²) in [5, 5.41) is 0. The number of rotatable bonds is 6. The van der Waals surface area contributed by atoms with E-state index in [1.54, 1.807) is 13.4 Å². The van der Waals surface area contributed by atoms with E-state index in [1.165, 1.54) is 11.9 Å². The van der Waals surface area contributed by atoms with Crippen molar-refractivity contribution in [1.29, 1.82) is 0 Å². The summed E-state index contributed by atoms with van der Waals surface area (Å²) in [6.07, 6.45) is 5.38. The molecule has 2 unspecified atom stereocenters. The summed E-state index contributed by atoms with van der Waals surface area (Å²) in [5.41, 5.74) is 8.51. The number of thioether (sulfide) groups is 1. The Balaban J connectivity index is 1.32. The van der Waals surface area contributed by atoms with Crippen LogP contribution in [0.1, 0.15) is 24.6 Å². The third-order valence-corrected chi connectivity index (χ3v) is 5.66. The second-order valence-electron chi connectivity index (χ2n) is 6.24. The minimum atomic E-state index is -0.0408. The molecular formula is C18H21N5O2S. The number of benzene rings is 1. The molecule has 3 aromatic rings. The van der Waals surface area contributed by atoms with Gasteiger partial charge in [0.1, 0.15) is 23.8 Å². The van der Waals surface area contributed by atoms with Crippen molar-refractivity contribution >= 4 is 28.7 Å². The Bertz CT molecular complexity index is 883. The van der Waals surface area contributed by atoms with Crippen LogP contribution < -0.4 is 10.5 Å². The lowest BCUT2D eigenvalue weighted by atomic mass is 10.2. The van der Waals surface area contributed by atoms with Crippen LogP contribution in [0.15, 0.2) is 36.9 Å². The Kier molecular flexibility index (Phi) is 4.94. The molecule has 4 rings (SSSR count). The number of imidazole rings is 1. The van der Waals surface area contributed by atoms with Gasteiger partial charge in [-0.15, -0.1) is 0 Å². The van der Waals surface area contributed by atoms with E-state index in [1.807, 2.05) is 28.5 Å². The predicted molar refractivity (Wildman–Crippen MR) is 102 cm³/mol. The Morgan fingerprint density at radius 3 is 2.88 bits per heavy atom. The number of methoxy groups -OCH3 is 1. The van der Waals surface area contributed by atoms with Gasteiger partial charge in [0.15, 0.2) is 11.5 Å². The van der Waals surface area contributed by atoms with Crippen molar-refractivity contribution in [3.63, 3.8) is 0 Å². The van der Waals surface area contributed by atoms with Crippen LogP contribution in [-0.2, 0) is 10.5 Å². The fourth-order valence-electron chi connectivity index (χ4n) is 3.12. The molecule has 1 aromatic carbocycles. The van der Waals surface area contributed by atoms with Crippen LogP contribution in [0, 0.1) is 0 Å². The van der Waals surface area contributed by atoms with Gasteiger partial charge in [0.2, 0.25) is 0 Å². The molecule has 1 aliphatic heterocycles. The number of aromatic nitrogens is 4. The van der Waals surface area contributed by atoms with Crippen LogP contribution in [0.3, 0.4) is 0 Å². The topological polar surface area (TPSA) is 88.1 Å². The highest BCUT2D eigenvalue weighted by atomic mass is 32.2. The normalized spacial score (nSPS) is 19.9. The van der Waals surface area contributed by atoms with E-state index < -0.39 is 0 Å². The highest BCUT2D eigenvalue weighted by molar-refractivity contribution is 7.98. The number of fused-ring (bicyclic) bond motifs is 1. The lowest BCUT2D eigenvalue weighted by Gasteiger charge is -2.15. The number of hydrogen-bond donors (Lipinski definition) is 1. The van der Waals surface area contributed by atoms with E-state index in [9.17, 15) is 0 Å². The summed E-state index contributed by atoms with van der Waals surface area (Å²) < 4.78 is 13.4. The predicted octanol–water partition coefficient (Wildman–Crippen LogP) is 3.03. The van der Waals surface area contributed by atoms with E-state index in [0.29, 0.717) is 11.3 Å². The molecular weight excluding hydrogens is 350 g/mol. The van der Waals surface area contributed by atoms with Crippen LogP contribution in [-0.4, -0.2) is 38.5 Å². The quantitative estimate of drug-likeness (QED) is 0.712. The van der Waals surface area contributed by atoms with E-state index in [-0.39, 0.29) is 12.3 Å². The maximum atomic E-state index is 6.21. The van der Waals surface area contributed by atoms with Crippen molar-refractivity contribution in [2.24, 2.45) is 0 Å². The molecule has 3 heterocycles. The number of nitrogens with two attached hydrogens (primary N) is 1. The van der Waals surface area contributed by atoms with E-state index >= 15 is 0 Å². The zero-order valence-electron chi connectivity index (χ0n) is 14.5. The second kappa shape index (κ2) is 7.51. The third kappa shape index (κ3) is 3.47. The summed E-state index contributed by atoms with van der Waals surface area (Å²) in [6.45, 7) is 0. The average molecular weight is 371 g/mol. The summed E-state index contributed by atoms with van der Waals surface area (Å²) in [4.78, 5) is 12.6. The van der Waals surface area contributed by atoms with Gasteiger partial charge >= 0.3 is 0 Å². The van der Waals surface area contributed by atoms with Crippen molar-refractivity contribution in [3.05, 3.63) is 42.5 Å². The van der Waals surface area contributed by atoms with Gasteiger partial charge < -0.3 is 15.2 Å². The number of nitrogens with zero attached hydrogens (tertiary/aromatic N) is 4. The van der Waals surface area contributed by atoms with Crippen molar-refractivity contribution < 1.29 is 9.47 Å². The van der Waals surface area contributed by atoms with E-state index in [2.05, 4.69) is 27.1 Å². The summed E-state index contributed by atoms with van der Waals surface area (Å²) >= 11 is 1.89. The summed E-state index contributed by atoms with van der Waals surface area (Å²) in [7, 11) is 1.68. The number of ether oxygens (including phenoxy) is 2. The van der Waals surface area contributed by atoms with E-state index in [0.717, 1.165) is 35.7 Å². The Labute approximate surface area is 155 Å². The largest absolute Gasteiger partial charge is 0.497 e. The molecule has 0 radical (unpaired) electrons. The molecule has 1 saturated heterocycles. The van der Waals surface area contributed by atoms with Crippen molar-refractivity contribution in [2.45, 2.75) is 30.9 Å². The molecule has 0 saturated carbocycles. The summed E-state index contributed by atoms with van der Waals surface area (Å²) in [6, 6.07) is 8.20. The molecule has 2 N–H and O–H groups in total. The van der Waals surface area contributed by atoms with Gasteiger partial charge in [0, 0.05) is 11.5 Å². The molecule has 26 heavy (non-hydrogen) atoms. The minimum Gasteiger partial charge on any atom is -0.497 e. The smallest absolute Gasteiger partial charge is 0.167 e. The van der Waals surface area contributed by atoms with Gasteiger partial charge in [0.25, 0.3) is 0 Å². The Morgan fingerprint density at radius 1 is 1.23 bits per heavy atom. The first kappa shape index (κ1) is 17.1. The molecule has 1 fully saturated rings. The molecule has 2 atom stereocenters. The van der Waals surface area contributed by atoms with E-state index in [4.69, 9.17) is 15.2 Å². The molecule has 1 aliphatic rings. The van der Waals surface area contributed by atoms with Crippen LogP contribution in [0.5, 0.6) is 5.75 Å². The van der Waals surface area contributed by atoms with Gasteiger partial charge in [-0.25, -0.2) is 15.0 Å². The molecule has 8 heteroatoms. The second-order valence-corrected chi connectivity index (χ2v) is 7.27. The first-order valence-corrected chi connectivity index (χ1v) is 9.69. The van der Waals surface area contributed by atoms with Crippen LogP contribution in [0.4, 0.5) is 5.82 Å². The van der Waals surface area contributed by atoms with Gasteiger partial charge in [0.05, 0.1) is 19.5 Å². The lowest BCUT2D eigenvalue weighted by molar-refractivity contribution is 0.0153. The fourth-order valence-corrected chi connectivity index (χ4v) is 4.18. The van der Waals surface area contributed by atoms with Crippen molar-refractivity contribution in [2.75, 3.05) is 18.6 Å². The molecule has 0 bridgehead atoms. The standard InChI is InChI=1S/C18H21N5O2S/c1-24-13-4-2-12(3-5-13)8-26-9-14-6-7-15(25-14)23-11-22-16-17(19)20-10-21-18(16)23/h2-5,10-11,14-15H,6-9H2,1H3,(H2,19,20,21). The Morgan fingerprint density at radius 2 is 2.08 bits per heavy atom. The van der Waals surface area contributed by atoms with Crippen LogP contribution in [0.2, 0.25) is 0 Å². The lowest BCUT2D eigenvalue weighted by Crippen LogP contribution is -2.13. The number of hydrogen-bond acceptors (Lipinski definition) is 7. The molecule has 0 aliphatic carbocycles. The average Bonchev–Trinajstić information content (AvgIpc) is 3.30. The summed E-state index contributed by atoms with van der Waals surface area (Å²) in [5.74, 6) is 3.22. The third-order valence-electron chi connectivity index (χ3n) is 4.51. The van der Waals surface area contributed by atoms with Gasteiger partial charge in [-0.2, -0.15) is 11.8 Å². The fraction of sp³-hybridized carbons (Fsp3) is 0.389. The van der Waals surface area contributed by atoms with Crippen molar-refractivity contribution in [3.8, 4) is 5.75 Å². The van der Waals surface area contributed by atoms with Crippen molar-refractivity contribution in [1.82, 2.24) is 19.5 Å². The first-order chi connectivity index (χ1) is 12.7. The monoisotopic (exact) mass is 371 g/mol. The molecule has 0 spiro atoms. The molecule has 0 amide bonds. The zero-order chi connectivity index (χ0) is 17.9. The minimum absolute atomic E-state index is 0.0408. The Hall–Kier alpha value is -2.32. The SMILES string of the molecule is COc1ccc(CSCC2CCC(n3cnc4c(N)ncnc43)O2)cc1. The molecule has 7 nitrogen and oxygen atoms in total. The highest BCUT2D eigenvalue weighted by Gasteiger charge is 2.28. The maximum absolute atomic E-state index is 6.21. The zero-order valence-corrected chi connectivity index (χ0v) is 15.4. The van der Waals surface area contributed by atoms with Gasteiger partial charge in [-0.3, -0.25) is 4.57 Å². The van der Waals surface area contributed by atoms with Crippen LogP contribution >= 0.6 is 11.8 Å². The van der Waals surface area contributed by atoms with Gasteiger partial charge in [-0.1, -0.05) is 12.1 Å². The highest BCUT2D eigenvalue weighted by Crippen LogP contribution is 2.32. The van der Waals surface area contributed by atoms with Gasteiger partial charge in [-0.05, 0) is 30.5 Å².